The van der Waals surface area contributed by atoms with Gasteiger partial charge in [0.15, 0.2) is 11.5 Å². The molecule has 0 spiro atoms. The van der Waals surface area contributed by atoms with Gasteiger partial charge in [-0.15, -0.1) is 0 Å². The Balaban J connectivity index is 1.61. The molecule has 0 aliphatic rings. The van der Waals surface area contributed by atoms with Gasteiger partial charge in [-0.1, -0.05) is 17.7 Å². The third-order valence-corrected chi connectivity index (χ3v) is 3.93. The van der Waals surface area contributed by atoms with Gasteiger partial charge in [-0.05, 0) is 42.3 Å². The lowest BCUT2D eigenvalue weighted by atomic mass is 10.1. The number of fused-ring (bicyclic) bond motifs is 1. The maximum atomic E-state index is 12.1. The molecule has 2 aromatic carbocycles. The van der Waals surface area contributed by atoms with Crippen molar-refractivity contribution < 1.29 is 13.9 Å². The Kier molecular flexibility index (Phi) is 4.71. The summed E-state index contributed by atoms with van der Waals surface area (Å²) in [5, 5.41) is 3.29. The van der Waals surface area contributed by atoms with Crippen LogP contribution in [0.2, 0.25) is 5.02 Å². The third kappa shape index (κ3) is 3.68. The number of hydrogen-bond acceptors (Lipinski definition) is 4. The van der Waals surface area contributed by atoms with Crippen molar-refractivity contribution in [1.29, 1.82) is 0 Å². The van der Waals surface area contributed by atoms with Gasteiger partial charge in [-0.2, -0.15) is 0 Å². The van der Waals surface area contributed by atoms with Gasteiger partial charge in [0.05, 0.1) is 12.1 Å². The molecule has 0 unspecified atom stereocenters. The molecule has 1 heterocycles. The number of carbonyl (C=O) groups is 1. The zero-order valence-corrected chi connectivity index (χ0v) is 14.2. The number of amides is 1. The molecule has 1 N–H and O–H groups in total. The van der Waals surface area contributed by atoms with Crippen molar-refractivity contribution >= 4 is 34.3 Å². The van der Waals surface area contributed by atoms with Gasteiger partial charge in [0.25, 0.3) is 0 Å². The fraction of sp³-hybridized carbons (Fsp3) is 0.222. The van der Waals surface area contributed by atoms with E-state index in [2.05, 4.69) is 10.3 Å². The summed E-state index contributed by atoms with van der Waals surface area (Å²) in [7, 11) is 1.55. The van der Waals surface area contributed by atoms with Crippen LogP contribution in [0.3, 0.4) is 0 Å². The molecular formula is C18H17ClN2O3. The molecule has 0 aliphatic heterocycles. The highest BCUT2D eigenvalue weighted by atomic mass is 35.5. The molecule has 0 fully saturated rings. The van der Waals surface area contributed by atoms with Crippen LogP contribution in [0.15, 0.2) is 40.8 Å². The zero-order valence-electron chi connectivity index (χ0n) is 13.4. The predicted molar refractivity (Wildman–Crippen MR) is 93.7 cm³/mol. The molecule has 124 valence electrons. The molecule has 3 aromatic rings. The topological polar surface area (TPSA) is 64.4 Å². The van der Waals surface area contributed by atoms with E-state index in [4.69, 9.17) is 20.8 Å². The van der Waals surface area contributed by atoms with E-state index in [1.165, 1.54) is 0 Å². The van der Waals surface area contributed by atoms with E-state index in [0.29, 0.717) is 35.2 Å². The Morgan fingerprint density at radius 3 is 2.88 bits per heavy atom. The van der Waals surface area contributed by atoms with Crippen LogP contribution in [-0.2, 0) is 11.2 Å². The van der Waals surface area contributed by atoms with Crippen molar-refractivity contribution in [2.75, 3.05) is 12.4 Å². The fourth-order valence-electron chi connectivity index (χ4n) is 2.47. The standard InChI is InChI=1S/C18H17ClN2O3/c1-11-20-15-9-12(3-6-17(15)24-11)4-8-18(22)21-13-5-7-16(23-2)14(19)10-13/h3,5-7,9-10H,4,8H2,1-2H3,(H,21,22). The van der Waals surface area contributed by atoms with Crippen LogP contribution in [0, 0.1) is 6.92 Å². The minimum Gasteiger partial charge on any atom is -0.495 e. The molecular weight excluding hydrogens is 328 g/mol. The molecule has 6 heteroatoms. The van der Waals surface area contributed by atoms with Crippen molar-refractivity contribution in [3.8, 4) is 5.75 Å². The van der Waals surface area contributed by atoms with Crippen LogP contribution < -0.4 is 10.1 Å². The first kappa shape index (κ1) is 16.3. The van der Waals surface area contributed by atoms with E-state index >= 15 is 0 Å². The first-order chi connectivity index (χ1) is 11.5. The van der Waals surface area contributed by atoms with Crippen molar-refractivity contribution in [3.63, 3.8) is 0 Å². The summed E-state index contributed by atoms with van der Waals surface area (Å²) >= 11 is 6.05. The molecule has 0 radical (unpaired) electrons. The second kappa shape index (κ2) is 6.93. The summed E-state index contributed by atoms with van der Waals surface area (Å²) in [5.41, 5.74) is 3.26. The number of aryl methyl sites for hydroxylation is 2. The number of anilines is 1. The van der Waals surface area contributed by atoms with Crippen LogP contribution >= 0.6 is 11.6 Å². The van der Waals surface area contributed by atoms with E-state index in [1.807, 2.05) is 25.1 Å². The first-order valence-electron chi connectivity index (χ1n) is 7.54. The Labute approximate surface area is 144 Å². The lowest BCUT2D eigenvalue weighted by molar-refractivity contribution is -0.116. The second-order valence-electron chi connectivity index (χ2n) is 5.43. The van der Waals surface area contributed by atoms with Gasteiger partial charge in [-0.25, -0.2) is 4.98 Å². The second-order valence-corrected chi connectivity index (χ2v) is 5.84. The van der Waals surface area contributed by atoms with Crippen LogP contribution in [0.1, 0.15) is 17.9 Å². The van der Waals surface area contributed by atoms with Gasteiger partial charge >= 0.3 is 0 Å². The summed E-state index contributed by atoms with van der Waals surface area (Å²) in [6.45, 7) is 1.81. The Bertz CT molecular complexity index is 889. The highest BCUT2D eigenvalue weighted by Gasteiger charge is 2.08. The summed E-state index contributed by atoms with van der Waals surface area (Å²) in [6, 6.07) is 10.9. The largest absolute Gasteiger partial charge is 0.495 e. The summed E-state index contributed by atoms with van der Waals surface area (Å²) in [5.74, 6) is 1.13. The van der Waals surface area contributed by atoms with E-state index in [9.17, 15) is 4.79 Å². The Morgan fingerprint density at radius 2 is 2.12 bits per heavy atom. The molecule has 24 heavy (non-hydrogen) atoms. The van der Waals surface area contributed by atoms with Crippen LogP contribution in [0.5, 0.6) is 5.75 Å². The van der Waals surface area contributed by atoms with Gasteiger partial charge in [0.2, 0.25) is 5.91 Å². The fourth-order valence-corrected chi connectivity index (χ4v) is 2.73. The number of methoxy groups -OCH3 is 1. The van der Waals surface area contributed by atoms with Crippen molar-refractivity contribution in [2.24, 2.45) is 0 Å². The molecule has 0 aliphatic carbocycles. The summed E-state index contributed by atoms with van der Waals surface area (Å²) < 4.78 is 10.5. The summed E-state index contributed by atoms with van der Waals surface area (Å²) in [4.78, 5) is 16.4. The molecule has 1 aromatic heterocycles. The Morgan fingerprint density at radius 1 is 1.29 bits per heavy atom. The number of nitrogens with zero attached hydrogens (tertiary/aromatic N) is 1. The quantitative estimate of drug-likeness (QED) is 0.746. The molecule has 0 bridgehead atoms. The number of benzene rings is 2. The van der Waals surface area contributed by atoms with E-state index in [-0.39, 0.29) is 5.91 Å². The minimum atomic E-state index is -0.0762. The third-order valence-electron chi connectivity index (χ3n) is 3.64. The maximum Gasteiger partial charge on any atom is 0.224 e. The number of carbonyl (C=O) groups excluding carboxylic acids is 1. The number of hydrogen-bond donors (Lipinski definition) is 1. The summed E-state index contributed by atoms with van der Waals surface area (Å²) in [6.07, 6.45) is 0.990. The number of rotatable bonds is 5. The molecule has 0 saturated carbocycles. The monoisotopic (exact) mass is 344 g/mol. The lowest BCUT2D eigenvalue weighted by Crippen LogP contribution is -2.12. The molecule has 1 amide bonds. The molecule has 0 saturated heterocycles. The number of halogens is 1. The van der Waals surface area contributed by atoms with E-state index < -0.39 is 0 Å². The predicted octanol–water partition coefficient (Wildman–Crippen LogP) is 4.37. The van der Waals surface area contributed by atoms with E-state index in [1.54, 1.807) is 25.3 Å². The van der Waals surface area contributed by atoms with Crippen molar-refractivity contribution in [1.82, 2.24) is 4.98 Å². The SMILES string of the molecule is COc1ccc(NC(=O)CCc2ccc3oc(C)nc3c2)cc1Cl. The molecule has 5 nitrogen and oxygen atoms in total. The van der Waals surface area contributed by atoms with Crippen LogP contribution in [0.4, 0.5) is 5.69 Å². The number of oxazole rings is 1. The van der Waals surface area contributed by atoms with Gasteiger partial charge in [0.1, 0.15) is 11.3 Å². The minimum absolute atomic E-state index is 0.0762. The molecule has 3 rings (SSSR count). The van der Waals surface area contributed by atoms with Crippen molar-refractivity contribution in [2.45, 2.75) is 19.8 Å². The van der Waals surface area contributed by atoms with E-state index in [0.717, 1.165) is 16.7 Å². The first-order valence-corrected chi connectivity index (χ1v) is 7.92. The maximum absolute atomic E-state index is 12.1. The number of ether oxygens (including phenoxy) is 1. The lowest BCUT2D eigenvalue weighted by Gasteiger charge is -2.08. The van der Waals surface area contributed by atoms with Gasteiger partial charge in [0, 0.05) is 19.0 Å². The highest BCUT2D eigenvalue weighted by Crippen LogP contribution is 2.27. The van der Waals surface area contributed by atoms with Crippen LogP contribution in [0.25, 0.3) is 11.1 Å². The van der Waals surface area contributed by atoms with Gasteiger partial charge in [-0.3, -0.25) is 4.79 Å². The average molecular weight is 345 g/mol. The van der Waals surface area contributed by atoms with Crippen molar-refractivity contribution in [3.05, 3.63) is 52.9 Å². The molecule has 0 atom stereocenters. The smallest absolute Gasteiger partial charge is 0.224 e. The number of nitrogens with one attached hydrogen (secondary N) is 1. The zero-order chi connectivity index (χ0) is 17.1. The number of aromatic nitrogens is 1. The van der Waals surface area contributed by atoms with Gasteiger partial charge < -0.3 is 14.5 Å². The highest BCUT2D eigenvalue weighted by molar-refractivity contribution is 6.32. The Hall–Kier alpha value is -2.53. The normalized spacial score (nSPS) is 10.8. The average Bonchev–Trinajstić information content (AvgIpc) is 2.92. The van der Waals surface area contributed by atoms with Crippen LogP contribution in [-0.4, -0.2) is 18.0 Å².